The van der Waals surface area contributed by atoms with E-state index in [1.54, 1.807) is 0 Å². The molecule has 0 aromatic carbocycles. The van der Waals surface area contributed by atoms with Gasteiger partial charge in [0.25, 0.3) is 0 Å². The van der Waals surface area contributed by atoms with Crippen molar-refractivity contribution in [3.05, 3.63) is 0 Å². The second-order valence-corrected chi connectivity index (χ2v) is 6.02. The van der Waals surface area contributed by atoms with E-state index in [0.29, 0.717) is 6.04 Å². The van der Waals surface area contributed by atoms with E-state index in [1.165, 1.54) is 51.9 Å². The second kappa shape index (κ2) is 9.73. The van der Waals surface area contributed by atoms with Crippen molar-refractivity contribution in [2.45, 2.75) is 65.5 Å². The van der Waals surface area contributed by atoms with E-state index in [1.807, 2.05) is 0 Å². The van der Waals surface area contributed by atoms with Crippen molar-refractivity contribution in [2.75, 3.05) is 39.3 Å². The molecule has 2 atom stereocenters. The lowest BCUT2D eigenvalue weighted by Gasteiger charge is -2.27. The SMILES string of the molecule is CCCN1CCCC(NC(C)CN(CC)CC)CC1. The molecule has 1 aliphatic rings. The molecule has 0 radical (unpaired) electrons. The molecule has 0 spiro atoms. The van der Waals surface area contributed by atoms with Crippen molar-refractivity contribution < 1.29 is 0 Å². The van der Waals surface area contributed by atoms with Gasteiger partial charge in [0.05, 0.1) is 0 Å². The van der Waals surface area contributed by atoms with Gasteiger partial charge < -0.3 is 15.1 Å². The Hall–Kier alpha value is -0.120. The van der Waals surface area contributed by atoms with Gasteiger partial charge in [0.15, 0.2) is 0 Å². The molecule has 1 rings (SSSR count). The van der Waals surface area contributed by atoms with Gasteiger partial charge >= 0.3 is 0 Å². The topological polar surface area (TPSA) is 18.5 Å². The molecule has 3 nitrogen and oxygen atoms in total. The van der Waals surface area contributed by atoms with Gasteiger partial charge in [-0.25, -0.2) is 0 Å². The molecule has 1 aliphatic heterocycles. The Labute approximate surface area is 120 Å². The Bertz CT molecular complexity index is 216. The highest BCUT2D eigenvalue weighted by Gasteiger charge is 2.18. The molecular weight excluding hydrogens is 234 g/mol. The van der Waals surface area contributed by atoms with Gasteiger partial charge in [0.1, 0.15) is 0 Å². The summed E-state index contributed by atoms with van der Waals surface area (Å²) in [7, 11) is 0. The van der Waals surface area contributed by atoms with E-state index in [9.17, 15) is 0 Å². The number of likely N-dealkylation sites (tertiary alicyclic amines) is 1. The van der Waals surface area contributed by atoms with E-state index in [0.717, 1.165) is 19.1 Å². The number of hydrogen-bond acceptors (Lipinski definition) is 3. The van der Waals surface area contributed by atoms with Gasteiger partial charge in [-0.05, 0) is 65.3 Å². The first-order valence-electron chi connectivity index (χ1n) is 8.40. The van der Waals surface area contributed by atoms with E-state index < -0.39 is 0 Å². The van der Waals surface area contributed by atoms with Gasteiger partial charge in [-0.1, -0.05) is 20.8 Å². The van der Waals surface area contributed by atoms with Gasteiger partial charge in [0.2, 0.25) is 0 Å². The minimum absolute atomic E-state index is 0.614. The third-order valence-corrected chi connectivity index (χ3v) is 4.31. The summed E-state index contributed by atoms with van der Waals surface area (Å²) in [5, 5.41) is 3.85. The van der Waals surface area contributed by atoms with Gasteiger partial charge in [-0.3, -0.25) is 0 Å². The predicted molar refractivity (Wildman–Crippen MR) is 84.8 cm³/mol. The van der Waals surface area contributed by atoms with E-state index in [2.05, 4.69) is 42.8 Å². The maximum Gasteiger partial charge on any atom is 0.0169 e. The molecule has 0 aromatic rings. The number of rotatable bonds is 8. The molecule has 19 heavy (non-hydrogen) atoms. The molecule has 0 saturated carbocycles. The summed E-state index contributed by atoms with van der Waals surface area (Å²) in [6, 6.07) is 1.34. The fraction of sp³-hybridized carbons (Fsp3) is 1.00. The normalized spacial score (nSPS) is 23.5. The minimum atomic E-state index is 0.614. The summed E-state index contributed by atoms with van der Waals surface area (Å²) in [6.45, 7) is 16.5. The molecule has 114 valence electrons. The monoisotopic (exact) mass is 269 g/mol. The molecule has 1 fully saturated rings. The number of likely N-dealkylation sites (N-methyl/N-ethyl adjacent to an activating group) is 1. The van der Waals surface area contributed by atoms with Crippen molar-refractivity contribution >= 4 is 0 Å². The standard InChI is InChI=1S/C16H35N3/c1-5-11-19-12-8-9-16(10-13-19)17-15(4)14-18(6-2)7-3/h15-17H,5-14H2,1-4H3. The first kappa shape index (κ1) is 16.9. The predicted octanol–water partition coefficient (Wildman–Crippen LogP) is 2.57. The third kappa shape index (κ3) is 6.73. The van der Waals surface area contributed by atoms with Crippen LogP contribution in [-0.2, 0) is 0 Å². The van der Waals surface area contributed by atoms with Crippen LogP contribution in [0.25, 0.3) is 0 Å². The molecular formula is C16H35N3. The Morgan fingerprint density at radius 1 is 1.16 bits per heavy atom. The molecule has 1 saturated heterocycles. The molecule has 0 aliphatic carbocycles. The molecule has 3 heteroatoms. The lowest BCUT2D eigenvalue weighted by Crippen LogP contribution is -2.44. The highest BCUT2D eigenvalue weighted by molar-refractivity contribution is 4.78. The molecule has 0 bridgehead atoms. The van der Waals surface area contributed by atoms with E-state index in [-0.39, 0.29) is 0 Å². The average molecular weight is 269 g/mol. The first-order valence-corrected chi connectivity index (χ1v) is 8.40. The van der Waals surface area contributed by atoms with Crippen LogP contribution in [0.3, 0.4) is 0 Å². The maximum atomic E-state index is 3.85. The van der Waals surface area contributed by atoms with Crippen LogP contribution in [-0.4, -0.2) is 61.2 Å². The number of hydrogen-bond donors (Lipinski definition) is 1. The van der Waals surface area contributed by atoms with Crippen LogP contribution in [0.15, 0.2) is 0 Å². The highest BCUT2D eigenvalue weighted by atomic mass is 15.2. The Balaban J connectivity index is 2.28. The van der Waals surface area contributed by atoms with Crippen LogP contribution in [0.4, 0.5) is 0 Å². The minimum Gasteiger partial charge on any atom is -0.310 e. The lowest BCUT2D eigenvalue weighted by atomic mass is 10.1. The zero-order valence-corrected chi connectivity index (χ0v) is 13.6. The van der Waals surface area contributed by atoms with E-state index >= 15 is 0 Å². The fourth-order valence-electron chi connectivity index (χ4n) is 3.19. The fourth-order valence-corrected chi connectivity index (χ4v) is 3.19. The van der Waals surface area contributed by atoms with E-state index in [4.69, 9.17) is 0 Å². The maximum absolute atomic E-state index is 3.85. The summed E-state index contributed by atoms with van der Waals surface area (Å²) < 4.78 is 0. The van der Waals surface area contributed by atoms with Gasteiger partial charge in [-0.2, -0.15) is 0 Å². The molecule has 1 heterocycles. The van der Waals surface area contributed by atoms with Crippen molar-refractivity contribution in [3.63, 3.8) is 0 Å². The first-order chi connectivity index (χ1) is 9.19. The van der Waals surface area contributed by atoms with Crippen molar-refractivity contribution in [1.29, 1.82) is 0 Å². The Morgan fingerprint density at radius 2 is 1.89 bits per heavy atom. The largest absolute Gasteiger partial charge is 0.310 e. The summed E-state index contributed by atoms with van der Waals surface area (Å²) >= 11 is 0. The molecule has 1 N–H and O–H groups in total. The van der Waals surface area contributed by atoms with Crippen LogP contribution in [0, 0.1) is 0 Å². The quantitative estimate of drug-likeness (QED) is 0.730. The summed E-state index contributed by atoms with van der Waals surface area (Å²) in [4.78, 5) is 5.15. The zero-order valence-electron chi connectivity index (χ0n) is 13.6. The lowest BCUT2D eigenvalue weighted by molar-refractivity contribution is 0.253. The zero-order chi connectivity index (χ0) is 14.1. The Kier molecular flexibility index (Phi) is 8.67. The average Bonchev–Trinajstić information content (AvgIpc) is 2.62. The molecule has 0 amide bonds. The Morgan fingerprint density at radius 3 is 2.53 bits per heavy atom. The van der Waals surface area contributed by atoms with Crippen molar-refractivity contribution in [1.82, 2.24) is 15.1 Å². The highest BCUT2D eigenvalue weighted by Crippen LogP contribution is 2.12. The summed E-state index contributed by atoms with van der Waals surface area (Å²) in [5.41, 5.74) is 0. The van der Waals surface area contributed by atoms with Gasteiger partial charge in [0, 0.05) is 18.6 Å². The van der Waals surface area contributed by atoms with Crippen molar-refractivity contribution in [2.24, 2.45) is 0 Å². The smallest absolute Gasteiger partial charge is 0.0169 e. The van der Waals surface area contributed by atoms with Crippen LogP contribution < -0.4 is 5.32 Å². The van der Waals surface area contributed by atoms with Crippen LogP contribution in [0.1, 0.15) is 53.4 Å². The number of nitrogens with one attached hydrogen (secondary N) is 1. The third-order valence-electron chi connectivity index (χ3n) is 4.31. The number of nitrogens with zero attached hydrogens (tertiary/aromatic N) is 2. The molecule has 0 aromatic heterocycles. The van der Waals surface area contributed by atoms with Crippen LogP contribution >= 0.6 is 0 Å². The summed E-state index contributed by atoms with van der Waals surface area (Å²) in [5.74, 6) is 0. The van der Waals surface area contributed by atoms with Gasteiger partial charge in [-0.15, -0.1) is 0 Å². The molecule has 2 unspecified atom stereocenters. The second-order valence-electron chi connectivity index (χ2n) is 6.02. The summed E-state index contributed by atoms with van der Waals surface area (Å²) in [6.07, 6.45) is 5.32. The van der Waals surface area contributed by atoms with Crippen LogP contribution in [0.5, 0.6) is 0 Å². The van der Waals surface area contributed by atoms with Crippen LogP contribution in [0.2, 0.25) is 0 Å². The van der Waals surface area contributed by atoms with Crippen molar-refractivity contribution in [3.8, 4) is 0 Å².